The van der Waals surface area contributed by atoms with Crippen molar-refractivity contribution in [2.75, 3.05) is 0 Å². The third kappa shape index (κ3) is 4.62. The molecule has 148 valence electrons. The smallest absolute Gasteiger partial charge is 0.308 e. The van der Waals surface area contributed by atoms with Crippen LogP contribution in [0.4, 0.5) is 0 Å². The van der Waals surface area contributed by atoms with Crippen LogP contribution in [0, 0.1) is 0 Å². The minimum atomic E-state index is -0.300. The molecule has 0 aromatic heterocycles. The van der Waals surface area contributed by atoms with Crippen molar-refractivity contribution in [3.8, 4) is 16.9 Å². The summed E-state index contributed by atoms with van der Waals surface area (Å²) in [5, 5.41) is 0. The topological polar surface area (TPSA) is 26.3 Å². The van der Waals surface area contributed by atoms with Gasteiger partial charge in [0.25, 0.3) is 0 Å². The second-order valence-corrected chi connectivity index (χ2v) is 9.25. The monoisotopic (exact) mass is 376 g/mol. The van der Waals surface area contributed by atoms with Gasteiger partial charge < -0.3 is 4.74 Å². The Morgan fingerprint density at radius 1 is 0.893 bits per heavy atom. The highest BCUT2D eigenvalue weighted by Crippen LogP contribution is 2.43. The molecule has 0 aliphatic carbocycles. The van der Waals surface area contributed by atoms with Gasteiger partial charge in [-0.1, -0.05) is 79.0 Å². The molecule has 2 aromatic rings. The lowest BCUT2D eigenvalue weighted by atomic mass is 9.77. The molecule has 0 amide bonds. The van der Waals surface area contributed by atoms with E-state index in [4.69, 9.17) is 4.74 Å². The zero-order valence-corrected chi connectivity index (χ0v) is 18.3. The van der Waals surface area contributed by atoms with E-state index in [1.807, 2.05) is 12.2 Å². The summed E-state index contributed by atoms with van der Waals surface area (Å²) in [5.74, 6) is 0.380. The average Bonchev–Trinajstić information content (AvgIpc) is 2.58. The third-order valence-corrected chi connectivity index (χ3v) is 4.79. The van der Waals surface area contributed by atoms with Crippen molar-refractivity contribution in [3.05, 3.63) is 65.7 Å². The molecular weight excluding hydrogens is 344 g/mol. The first-order chi connectivity index (χ1) is 12.9. The van der Waals surface area contributed by atoms with Gasteiger partial charge in [0.2, 0.25) is 0 Å². The van der Waals surface area contributed by atoms with Crippen molar-refractivity contribution >= 4 is 18.1 Å². The van der Waals surface area contributed by atoms with Gasteiger partial charge in [-0.2, -0.15) is 0 Å². The summed E-state index contributed by atoms with van der Waals surface area (Å²) in [6.07, 6.45) is 3.71. The molecule has 0 fully saturated rings. The van der Waals surface area contributed by atoms with Crippen LogP contribution in [0.2, 0.25) is 0 Å². The maximum absolute atomic E-state index is 11.9. The molecule has 0 bridgehead atoms. The van der Waals surface area contributed by atoms with Gasteiger partial charge in [-0.15, -0.1) is 0 Å². The van der Waals surface area contributed by atoms with Crippen LogP contribution in [0.25, 0.3) is 23.3 Å². The number of benzene rings is 2. The van der Waals surface area contributed by atoms with Gasteiger partial charge in [0, 0.05) is 18.1 Å². The highest BCUT2D eigenvalue weighted by atomic mass is 16.5. The van der Waals surface area contributed by atoms with Gasteiger partial charge in [0.05, 0.1) is 0 Å². The molecule has 2 heteroatoms. The number of ether oxygens (including phenoxy) is 1. The van der Waals surface area contributed by atoms with Crippen molar-refractivity contribution < 1.29 is 9.53 Å². The van der Waals surface area contributed by atoms with Crippen molar-refractivity contribution in [1.82, 2.24) is 0 Å². The van der Waals surface area contributed by atoms with Crippen LogP contribution >= 0.6 is 0 Å². The van der Waals surface area contributed by atoms with Crippen LogP contribution in [0.3, 0.4) is 0 Å². The molecule has 0 radical (unpaired) electrons. The maximum Gasteiger partial charge on any atom is 0.308 e. The number of esters is 1. The molecule has 0 heterocycles. The Kier molecular flexibility index (Phi) is 6.03. The van der Waals surface area contributed by atoms with E-state index in [0.29, 0.717) is 5.75 Å². The molecule has 0 unspecified atom stereocenters. The van der Waals surface area contributed by atoms with E-state index in [0.717, 1.165) is 33.4 Å². The van der Waals surface area contributed by atoms with Crippen molar-refractivity contribution in [2.45, 2.75) is 59.3 Å². The Hall–Kier alpha value is -2.61. The fourth-order valence-corrected chi connectivity index (χ4v) is 3.29. The Balaban J connectivity index is 2.90. The van der Waals surface area contributed by atoms with E-state index in [-0.39, 0.29) is 16.8 Å². The van der Waals surface area contributed by atoms with Gasteiger partial charge in [0.1, 0.15) is 5.75 Å². The van der Waals surface area contributed by atoms with Crippen molar-refractivity contribution in [3.63, 3.8) is 0 Å². The van der Waals surface area contributed by atoms with Crippen LogP contribution in [0.15, 0.2) is 43.5 Å². The Morgan fingerprint density at radius 2 is 1.43 bits per heavy atom. The zero-order valence-electron chi connectivity index (χ0n) is 18.3. The minimum Gasteiger partial charge on any atom is -0.426 e. The summed E-state index contributed by atoms with van der Waals surface area (Å²) in [6.45, 7) is 22.1. The summed E-state index contributed by atoms with van der Waals surface area (Å²) in [6, 6.07) is 10.5. The molecule has 0 N–H and O–H groups in total. The zero-order chi connectivity index (χ0) is 21.3. The van der Waals surface area contributed by atoms with Crippen molar-refractivity contribution in [1.29, 1.82) is 0 Å². The molecule has 0 saturated carbocycles. The van der Waals surface area contributed by atoms with E-state index >= 15 is 0 Å². The van der Waals surface area contributed by atoms with Crippen LogP contribution in [-0.4, -0.2) is 5.97 Å². The molecule has 0 aliphatic rings. The Labute approximate surface area is 169 Å². The molecule has 2 aromatic carbocycles. The lowest BCUT2D eigenvalue weighted by Crippen LogP contribution is -2.21. The van der Waals surface area contributed by atoms with E-state index in [1.54, 1.807) is 0 Å². The largest absolute Gasteiger partial charge is 0.426 e. The lowest BCUT2D eigenvalue weighted by Gasteiger charge is -2.30. The summed E-state index contributed by atoms with van der Waals surface area (Å²) in [5.41, 5.74) is 5.98. The van der Waals surface area contributed by atoms with E-state index in [2.05, 4.69) is 85.0 Å². The van der Waals surface area contributed by atoms with Crippen LogP contribution < -0.4 is 4.74 Å². The highest BCUT2D eigenvalue weighted by Gasteiger charge is 2.29. The molecule has 2 nitrogen and oxygen atoms in total. The Bertz CT molecular complexity index is 883. The molecule has 0 aliphatic heterocycles. The molecule has 0 atom stereocenters. The summed E-state index contributed by atoms with van der Waals surface area (Å²) >= 11 is 0. The van der Waals surface area contributed by atoms with Gasteiger partial charge in [-0.3, -0.25) is 4.79 Å². The summed E-state index contributed by atoms with van der Waals surface area (Å²) in [7, 11) is 0. The standard InChI is InChI=1S/C26H32O2/c1-10-18-12-13-21(19(11-2)14-18)20-15-22(25(4,5)6)24(28-17(3)27)23(16-20)26(7,8)9/h10-16H,1-2H2,3-9H3. The van der Waals surface area contributed by atoms with E-state index < -0.39 is 0 Å². The first-order valence-corrected chi connectivity index (χ1v) is 9.65. The fraction of sp³-hybridized carbons (Fsp3) is 0.346. The van der Waals surface area contributed by atoms with Crippen LogP contribution in [-0.2, 0) is 15.6 Å². The maximum atomic E-state index is 11.9. The number of carbonyl (C=O) groups is 1. The second kappa shape index (κ2) is 7.79. The number of hydrogen-bond donors (Lipinski definition) is 0. The third-order valence-electron chi connectivity index (χ3n) is 4.79. The molecule has 0 spiro atoms. The number of hydrogen-bond acceptors (Lipinski definition) is 2. The predicted octanol–water partition coefficient (Wildman–Crippen LogP) is 7.16. The molecule has 2 rings (SSSR count). The highest BCUT2D eigenvalue weighted by molar-refractivity contribution is 5.80. The van der Waals surface area contributed by atoms with E-state index in [1.165, 1.54) is 6.92 Å². The SMILES string of the molecule is C=Cc1ccc(-c2cc(C(C)(C)C)c(OC(C)=O)c(C(C)(C)C)c2)c(C=C)c1. The van der Waals surface area contributed by atoms with Crippen molar-refractivity contribution in [2.24, 2.45) is 0 Å². The molecule has 28 heavy (non-hydrogen) atoms. The lowest BCUT2D eigenvalue weighted by molar-refractivity contribution is -0.132. The van der Waals surface area contributed by atoms with Gasteiger partial charge in [-0.25, -0.2) is 0 Å². The number of carbonyl (C=O) groups excluding carboxylic acids is 1. The van der Waals surface area contributed by atoms with Crippen LogP contribution in [0.1, 0.15) is 70.7 Å². The summed E-state index contributed by atoms with van der Waals surface area (Å²) in [4.78, 5) is 11.9. The first kappa shape index (κ1) is 21.7. The van der Waals surface area contributed by atoms with Gasteiger partial charge in [0.15, 0.2) is 0 Å². The number of rotatable bonds is 4. The summed E-state index contributed by atoms with van der Waals surface area (Å²) < 4.78 is 5.74. The first-order valence-electron chi connectivity index (χ1n) is 9.65. The predicted molar refractivity (Wildman–Crippen MR) is 121 cm³/mol. The minimum absolute atomic E-state index is 0.184. The van der Waals surface area contributed by atoms with E-state index in [9.17, 15) is 4.79 Å². The van der Waals surface area contributed by atoms with Gasteiger partial charge in [-0.05, 0) is 51.3 Å². The molecular formula is C26H32O2. The second-order valence-electron chi connectivity index (χ2n) is 9.25. The quantitative estimate of drug-likeness (QED) is 0.418. The fourth-order valence-electron chi connectivity index (χ4n) is 3.29. The van der Waals surface area contributed by atoms with Gasteiger partial charge >= 0.3 is 5.97 Å². The normalized spacial score (nSPS) is 11.8. The molecule has 0 saturated heterocycles. The Morgan fingerprint density at radius 3 is 1.82 bits per heavy atom. The van der Waals surface area contributed by atoms with Crippen LogP contribution in [0.5, 0.6) is 5.75 Å². The average molecular weight is 377 g/mol.